The lowest BCUT2D eigenvalue weighted by Crippen LogP contribution is -2.05. The molecule has 0 aliphatic heterocycles. The monoisotopic (exact) mass is 255 g/mol. The summed E-state index contributed by atoms with van der Waals surface area (Å²) in [4.78, 5) is 0. The predicted molar refractivity (Wildman–Crippen MR) is 66.2 cm³/mol. The Kier molecular flexibility index (Phi) is 3.19. The van der Waals surface area contributed by atoms with Crippen LogP contribution in [0.3, 0.4) is 0 Å². The molecule has 0 saturated carbocycles. The van der Waals surface area contributed by atoms with Gasteiger partial charge in [-0.05, 0) is 18.6 Å². The van der Waals surface area contributed by atoms with Crippen LogP contribution in [-0.4, -0.2) is 9.78 Å². The Hall–Kier alpha value is -1.03. The van der Waals surface area contributed by atoms with E-state index in [1.807, 2.05) is 19.1 Å². The highest BCUT2D eigenvalue weighted by molar-refractivity contribution is 6.32. The van der Waals surface area contributed by atoms with Crippen LogP contribution in [0.15, 0.2) is 24.4 Å². The maximum Gasteiger partial charge on any atom is 0.0877 e. The number of benzene rings is 1. The fourth-order valence-corrected chi connectivity index (χ4v) is 1.95. The molecule has 1 heterocycles. The molecule has 84 valence electrons. The molecule has 0 aliphatic rings. The highest BCUT2D eigenvalue weighted by Crippen LogP contribution is 2.25. The van der Waals surface area contributed by atoms with Crippen molar-refractivity contribution in [3.05, 3.63) is 45.7 Å². The summed E-state index contributed by atoms with van der Waals surface area (Å²) in [6, 6.07) is 5.60. The Balaban J connectivity index is 2.62. The van der Waals surface area contributed by atoms with Gasteiger partial charge in [0.05, 0.1) is 21.4 Å². The second kappa shape index (κ2) is 4.45. The summed E-state index contributed by atoms with van der Waals surface area (Å²) >= 11 is 12.1. The maximum absolute atomic E-state index is 6.14. The van der Waals surface area contributed by atoms with Gasteiger partial charge in [0.15, 0.2) is 0 Å². The molecular weight excluding hydrogens is 245 g/mol. The first-order valence-electron chi connectivity index (χ1n) is 4.83. The van der Waals surface area contributed by atoms with Crippen LogP contribution in [-0.2, 0) is 6.54 Å². The van der Waals surface area contributed by atoms with Crippen molar-refractivity contribution in [2.45, 2.75) is 13.5 Å². The Morgan fingerprint density at radius 3 is 2.62 bits per heavy atom. The van der Waals surface area contributed by atoms with Gasteiger partial charge in [0.25, 0.3) is 0 Å². The molecule has 3 nitrogen and oxygen atoms in total. The van der Waals surface area contributed by atoms with Crippen LogP contribution < -0.4 is 5.73 Å². The Bertz CT molecular complexity index is 500. The molecule has 0 atom stereocenters. The van der Waals surface area contributed by atoms with Crippen LogP contribution in [0.1, 0.15) is 11.3 Å². The molecule has 0 radical (unpaired) electrons. The third kappa shape index (κ3) is 1.94. The van der Waals surface area contributed by atoms with Gasteiger partial charge in [-0.3, -0.25) is 0 Å². The molecule has 0 unspecified atom stereocenters. The molecule has 0 fully saturated rings. The number of aromatic nitrogens is 2. The van der Waals surface area contributed by atoms with Gasteiger partial charge in [0.2, 0.25) is 0 Å². The zero-order valence-electron chi connectivity index (χ0n) is 8.74. The summed E-state index contributed by atoms with van der Waals surface area (Å²) in [6.07, 6.45) is 1.73. The van der Waals surface area contributed by atoms with Crippen LogP contribution >= 0.6 is 23.2 Å². The van der Waals surface area contributed by atoms with Gasteiger partial charge < -0.3 is 5.73 Å². The van der Waals surface area contributed by atoms with Crippen molar-refractivity contribution in [2.24, 2.45) is 5.73 Å². The first kappa shape index (κ1) is 11.5. The molecule has 2 N–H and O–H groups in total. The number of aryl methyl sites for hydroxylation is 1. The topological polar surface area (TPSA) is 43.8 Å². The van der Waals surface area contributed by atoms with E-state index >= 15 is 0 Å². The second-order valence-corrected chi connectivity index (χ2v) is 4.27. The number of nitrogens with zero attached hydrogens (tertiary/aromatic N) is 2. The molecule has 16 heavy (non-hydrogen) atoms. The zero-order valence-corrected chi connectivity index (χ0v) is 10.3. The number of nitrogens with two attached hydrogens (primary N) is 1. The molecule has 0 aliphatic carbocycles. The average molecular weight is 256 g/mol. The van der Waals surface area contributed by atoms with Gasteiger partial charge >= 0.3 is 0 Å². The molecule has 0 amide bonds. The second-order valence-electron chi connectivity index (χ2n) is 3.46. The minimum Gasteiger partial charge on any atom is -0.326 e. The number of rotatable bonds is 2. The smallest absolute Gasteiger partial charge is 0.0877 e. The van der Waals surface area contributed by atoms with Gasteiger partial charge in [0, 0.05) is 12.7 Å². The van der Waals surface area contributed by atoms with E-state index in [0.29, 0.717) is 16.6 Å². The van der Waals surface area contributed by atoms with Crippen molar-refractivity contribution in [3.63, 3.8) is 0 Å². The highest BCUT2D eigenvalue weighted by Gasteiger charge is 2.11. The largest absolute Gasteiger partial charge is 0.326 e. The number of hydrogen-bond acceptors (Lipinski definition) is 2. The van der Waals surface area contributed by atoms with Crippen molar-refractivity contribution in [3.8, 4) is 5.69 Å². The van der Waals surface area contributed by atoms with Crippen molar-refractivity contribution >= 4 is 23.2 Å². The highest BCUT2D eigenvalue weighted by atomic mass is 35.5. The van der Waals surface area contributed by atoms with Gasteiger partial charge in [-0.25, -0.2) is 4.68 Å². The normalized spacial score (nSPS) is 10.8. The predicted octanol–water partition coefficient (Wildman–Crippen LogP) is 2.95. The van der Waals surface area contributed by atoms with Crippen LogP contribution in [0.25, 0.3) is 5.69 Å². The van der Waals surface area contributed by atoms with E-state index in [1.54, 1.807) is 16.9 Å². The summed E-state index contributed by atoms with van der Waals surface area (Å²) in [6.45, 7) is 2.25. The van der Waals surface area contributed by atoms with E-state index in [1.165, 1.54) is 0 Å². The van der Waals surface area contributed by atoms with Gasteiger partial charge in [-0.1, -0.05) is 35.3 Å². The molecule has 2 rings (SSSR count). The zero-order chi connectivity index (χ0) is 11.7. The summed E-state index contributed by atoms with van der Waals surface area (Å²) in [5.74, 6) is 0. The first-order chi connectivity index (χ1) is 7.63. The minimum atomic E-state index is 0.409. The van der Waals surface area contributed by atoms with Gasteiger partial charge in [-0.15, -0.1) is 0 Å². The number of halogens is 2. The lowest BCUT2D eigenvalue weighted by molar-refractivity contribution is 0.844. The van der Waals surface area contributed by atoms with E-state index in [0.717, 1.165) is 16.9 Å². The van der Waals surface area contributed by atoms with E-state index in [9.17, 15) is 0 Å². The van der Waals surface area contributed by atoms with E-state index < -0.39 is 0 Å². The van der Waals surface area contributed by atoms with Crippen molar-refractivity contribution in [2.75, 3.05) is 0 Å². The van der Waals surface area contributed by atoms with E-state index in [2.05, 4.69) is 5.10 Å². The van der Waals surface area contributed by atoms with Crippen molar-refractivity contribution < 1.29 is 0 Å². The fourth-order valence-electron chi connectivity index (χ4n) is 1.53. The van der Waals surface area contributed by atoms with Gasteiger partial charge in [0.1, 0.15) is 0 Å². The Morgan fingerprint density at radius 2 is 2.06 bits per heavy atom. The van der Waals surface area contributed by atoms with Crippen LogP contribution in [0.4, 0.5) is 0 Å². The number of hydrogen-bond donors (Lipinski definition) is 1. The maximum atomic E-state index is 6.14. The van der Waals surface area contributed by atoms with Crippen LogP contribution in [0.5, 0.6) is 0 Å². The SMILES string of the molecule is Cc1nn(-c2c(Cl)cccc2CN)cc1Cl. The molecule has 0 bridgehead atoms. The molecule has 5 heteroatoms. The van der Waals surface area contributed by atoms with Gasteiger partial charge in [-0.2, -0.15) is 5.10 Å². The summed E-state index contributed by atoms with van der Waals surface area (Å²) in [7, 11) is 0. The Morgan fingerprint density at radius 1 is 1.31 bits per heavy atom. The quantitative estimate of drug-likeness (QED) is 0.897. The van der Waals surface area contributed by atoms with E-state index in [4.69, 9.17) is 28.9 Å². The summed E-state index contributed by atoms with van der Waals surface area (Å²) in [5, 5.41) is 5.52. The van der Waals surface area contributed by atoms with Crippen LogP contribution in [0, 0.1) is 6.92 Å². The van der Waals surface area contributed by atoms with E-state index in [-0.39, 0.29) is 0 Å². The number of para-hydroxylation sites is 1. The molecule has 2 aromatic rings. The molecule has 0 saturated heterocycles. The average Bonchev–Trinajstić information content (AvgIpc) is 2.58. The van der Waals surface area contributed by atoms with Crippen molar-refractivity contribution in [1.29, 1.82) is 0 Å². The molecular formula is C11H11Cl2N3. The molecule has 1 aromatic heterocycles. The minimum absolute atomic E-state index is 0.409. The first-order valence-corrected chi connectivity index (χ1v) is 5.58. The lowest BCUT2D eigenvalue weighted by Gasteiger charge is -2.09. The van der Waals surface area contributed by atoms with Crippen LogP contribution in [0.2, 0.25) is 10.0 Å². The Labute approximate surface area is 104 Å². The third-order valence-corrected chi connectivity index (χ3v) is 3.03. The standard InChI is InChI=1S/C11H11Cl2N3/c1-7-10(13)6-16(15-7)11-8(5-14)3-2-4-9(11)12/h2-4,6H,5,14H2,1H3. The fraction of sp³-hybridized carbons (Fsp3) is 0.182. The molecule has 1 aromatic carbocycles. The summed E-state index contributed by atoms with van der Waals surface area (Å²) in [5.41, 5.74) is 8.17. The summed E-state index contributed by atoms with van der Waals surface area (Å²) < 4.78 is 1.67. The van der Waals surface area contributed by atoms with Crippen molar-refractivity contribution in [1.82, 2.24) is 9.78 Å². The third-order valence-electron chi connectivity index (χ3n) is 2.36. The molecule has 0 spiro atoms. The lowest BCUT2D eigenvalue weighted by atomic mass is 10.2.